The van der Waals surface area contributed by atoms with Crippen molar-refractivity contribution in [3.63, 3.8) is 0 Å². The van der Waals surface area contributed by atoms with Gasteiger partial charge in [0.1, 0.15) is 5.78 Å². The second-order valence-corrected chi connectivity index (χ2v) is 5.34. The van der Waals surface area contributed by atoms with Crippen LogP contribution in [0.1, 0.15) is 39.3 Å². The predicted octanol–water partition coefficient (Wildman–Crippen LogP) is 2.44. The van der Waals surface area contributed by atoms with Gasteiger partial charge >= 0.3 is 0 Å². The number of rotatable bonds is 2. The number of nitrogens with zero attached hydrogens (tertiary/aromatic N) is 1. The van der Waals surface area contributed by atoms with Crippen molar-refractivity contribution in [2.75, 3.05) is 5.73 Å². The Bertz CT molecular complexity index is 338. The van der Waals surface area contributed by atoms with Crippen LogP contribution < -0.4 is 5.73 Å². The van der Waals surface area contributed by atoms with Gasteiger partial charge in [-0.05, 0) is 6.92 Å². The number of aromatic nitrogens is 1. The SMILES string of the molecule is C[C@@H](C(=O)C(C)(C)C)c1csc(N)n1. The number of hydrogen-bond acceptors (Lipinski definition) is 4. The van der Waals surface area contributed by atoms with Gasteiger partial charge in [0.2, 0.25) is 0 Å². The van der Waals surface area contributed by atoms with Crippen LogP contribution in [0, 0.1) is 5.41 Å². The Morgan fingerprint density at radius 2 is 2.14 bits per heavy atom. The molecular formula is C10H16N2OS. The molecule has 1 heterocycles. The molecular weight excluding hydrogens is 196 g/mol. The lowest BCUT2D eigenvalue weighted by Crippen LogP contribution is -2.25. The van der Waals surface area contributed by atoms with E-state index in [4.69, 9.17) is 5.73 Å². The average molecular weight is 212 g/mol. The molecule has 0 saturated carbocycles. The highest BCUT2D eigenvalue weighted by atomic mass is 32.1. The summed E-state index contributed by atoms with van der Waals surface area (Å²) in [6, 6.07) is 0. The van der Waals surface area contributed by atoms with Gasteiger partial charge in [0.15, 0.2) is 5.13 Å². The van der Waals surface area contributed by atoms with Crippen LogP contribution in [-0.4, -0.2) is 10.8 Å². The van der Waals surface area contributed by atoms with Crippen molar-refractivity contribution in [2.24, 2.45) is 5.41 Å². The van der Waals surface area contributed by atoms with E-state index < -0.39 is 0 Å². The molecule has 0 bridgehead atoms. The summed E-state index contributed by atoms with van der Waals surface area (Å²) < 4.78 is 0. The molecule has 0 unspecified atom stereocenters. The lowest BCUT2D eigenvalue weighted by Gasteiger charge is -2.20. The first-order valence-electron chi connectivity index (χ1n) is 4.57. The Morgan fingerprint density at radius 3 is 2.50 bits per heavy atom. The lowest BCUT2D eigenvalue weighted by atomic mass is 9.83. The van der Waals surface area contributed by atoms with Gasteiger partial charge in [0.05, 0.1) is 11.6 Å². The zero-order valence-corrected chi connectivity index (χ0v) is 9.81. The molecule has 0 amide bonds. The molecule has 78 valence electrons. The molecule has 1 aromatic heterocycles. The van der Waals surface area contributed by atoms with E-state index in [9.17, 15) is 4.79 Å². The number of anilines is 1. The van der Waals surface area contributed by atoms with Crippen LogP contribution in [0.15, 0.2) is 5.38 Å². The van der Waals surface area contributed by atoms with Crippen molar-refractivity contribution in [1.82, 2.24) is 4.98 Å². The summed E-state index contributed by atoms with van der Waals surface area (Å²) in [7, 11) is 0. The van der Waals surface area contributed by atoms with Crippen LogP contribution in [0.2, 0.25) is 0 Å². The van der Waals surface area contributed by atoms with Gasteiger partial charge in [0.25, 0.3) is 0 Å². The Balaban J connectivity index is 2.86. The zero-order chi connectivity index (χ0) is 10.9. The summed E-state index contributed by atoms with van der Waals surface area (Å²) in [5, 5.41) is 2.37. The summed E-state index contributed by atoms with van der Waals surface area (Å²) in [4.78, 5) is 16.0. The number of ketones is 1. The third-order valence-corrected chi connectivity index (χ3v) is 2.81. The Morgan fingerprint density at radius 1 is 1.57 bits per heavy atom. The molecule has 1 aromatic rings. The van der Waals surface area contributed by atoms with Gasteiger partial charge in [-0.25, -0.2) is 4.98 Å². The van der Waals surface area contributed by atoms with Crippen molar-refractivity contribution in [2.45, 2.75) is 33.6 Å². The van der Waals surface area contributed by atoms with Crippen LogP contribution >= 0.6 is 11.3 Å². The summed E-state index contributed by atoms with van der Waals surface area (Å²) in [5.41, 5.74) is 5.98. The largest absolute Gasteiger partial charge is 0.375 e. The first-order valence-corrected chi connectivity index (χ1v) is 5.45. The number of Topliss-reactive ketones (excluding diaryl/α,β-unsaturated/α-hetero) is 1. The molecule has 1 rings (SSSR count). The molecule has 14 heavy (non-hydrogen) atoms. The summed E-state index contributed by atoms with van der Waals surface area (Å²) >= 11 is 1.38. The number of thiazole rings is 1. The molecule has 1 atom stereocenters. The Kier molecular flexibility index (Phi) is 2.95. The second kappa shape index (κ2) is 3.69. The lowest BCUT2D eigenvalue weighted by molar-refractivity contribution is -0.127. The maximum absolute atomic E-state index is 11.9. The molecule has 0 saturated heterocycles. The van der Waals surface area contributed by atoms with E-state index in [1.165, 1.54) is 11.3 Å². The van der Waals surface area contributed by atoms with Crippen LogP contribution in [0.3, 0.4) is 0 Å². The third-order valence-electron chi connectivity index (χ3n) is 2.12. The topological polar surface area (TPSA) is 56.0 Å². The monoisotopic (exact) mass is 212 g/mol. The highest BCUT2D eigenvalue weighted by Gasteiger charge is 2.28. The Hall–Kier alpha value is -0.900. The predicted molar refractivity (Wildman–Crippen MR) is 59.4 cm³/mol. The number of nitrogen functional groups attached to an aromatic ring is 1. The maximum Gasteiger partial charge on any atom is 0.180 e. The maximum atomic E-state index is 11.9. The summed E-state index contributed by atoms with van der Waals surface area (Å²) in [6.45, 7) is 7.63. The number of carbonyl (C=O) groups is 1. The molecule has 0 aliphatic rings. The number of carbonyl (C=O) groups excluding carboxylic acids is 1. The molecule has 0 aliphatic heterocycles. The van der Waals surface area contributed by atoms with Crippen LogP contribution in [0.4, 0.5) is 5.13 Å². The second-order valence-electron chi connectivity index (χ2n) is 4.45. The fourth-order valence-electron chi connectivity index (χ4n) is 1.28. The van der Waals surface area contributed by atoms with Crippen LogP contribution in [0.25, 0.3) is 0 Å². The summed E-state index contributed by atoms with van der Waals surface area (Å²) in [6.07, 6.45) is 0. The zero-order valence-electron chi connectivity index (χ0n) is 9.00. The fourth-order valence-corrected chi connectivity index (χ4v) is 1.94. The minimum atomic E-state index is -0.322. The van der Waals surface area contributed by atoms with Crippen molar-refractivity contribution < 1.29 is 4.79 Å². The minimum Gasteiger partial charge on any atom is -0.375 e. The van der Waals surface area contributed by atoms with E-state index in [0.717, 1.165) is 5.69 Å². The smallest absolute Gasteiger partial charge is 0.180 e. The highest BCUT2D eigenvalue weighted by Crippen LogP contribution is 2.28. The molecule has 0 fully saturated rings. The minimum absolute atomic E-state index is 0.163. The van der Waals surface area contributed by atoms with E-state index >= 15 is 0 Å². The first-order chi connectivity index (χ1) is 6.32. The summed E-state index contributed by atoms with van der Waals surface area (Å²) in [5.74, 6) is 0.0337. The number of nitrogens with two attached hydrogens (primary N) is 1. The average Bonchev–Trinajstić information content (AvgIpc) is 2.47. The van der Waals surface area contributed by atoms with Gasteiger partial charge < -0.3 is 5.73 Å². The molecule has 0 aromatic carbocycles. The molecule has 0 aliphatic carbocycles. The van der Waals surface area contributed by atoms with Crippen molar-refractivity contribution in [3.8, 4) is 0 Å². The molecule has 0 spiro atoms. The van der Waals surface area contributed by atoms with E-state index in [1.54, 1.807) is 0 Å². The third kappa shape index (κ3) is 2.32. The van der Waals surface area contributed by atoms with Gasteiger partial charge in [-0.15, -0.1) is 11.3 Å². The van der Waals surface area contributed by atoms with Gasteiger partial charge in [-0.2, -0.15) is 0 Å². The Labute approximate surface area is 88.3 Å². The van der Waals surface area contributed by atoms with E-state index in [0.29, 0.717) is 5.13 Å². The van der Waals surface area contributed by atoms with Gasteiger partial charge in [-0.3, -0.25) is 4.79 Å². The van der Waals surface area contributed by atoms with Gasteiger partial charge in [-0.1, -0.05) is 20.8 Å². The highest BCUT2D eigenvalue weighted by molar-refractivity contribution is 7.13. The van der Waals surface area contributed by atoms with E-state index in [1.807, 2.05) is 33.1 Å². The quantitative estimate of drug-likeness (QED) is 0.819. The molecule has 4 heteroatoms. The molecule has 3 nitrogen and oxygen atoms in total. The van der Waals surface area contributed by atoms with E-state index in [2.05, 4.69) is 4.98 Å². The van der Waals surface area contributed by atoms with Gasteiger partial charge in [0, 0.05) is 10.8 Å². The fraction of sp³-hybridized carbons (Fsp3) is 0.600. The van der Waals surface area contributed by atoms with Crippen molar-refractivity contribution in [3.05, 3.63) is 11.1 Å². The van der Waals surface area contributed by atoms with Crippen molar-refractivity contribution >= 4 is 22.3 Å². The van der Waals surface area contributed by atoms with Crippen molar-refractivity contribution in [1.29, 1.82) is 0 Å². The van der Waals surface area contributed by atoms with Crippen LogP contribution in [0.5, 0.6) is 0 Å². The molecule has 2 N–H and O–H groups in total. The number of hydrogen-bond donors (Lipinski definition) is 1. The molecule has 0 radical (unpaired) electrons. The standard InChI is InChI=1S/C10H16N2OS/c1-6(8(13)10(2,3)4)7-5-14-9(11)12-7/h5-6H,1-4H3,(H2,11,12)/t6-/m1/s1. The van der Waals surface area contributed by atoms with Crippen LogP contribution in [-0.2, 0) is 4.79 Å². The van der Waals surface area contributed by atoms with E-state index in [-0.39, 0.29) is 17.1 Å². The first kappa shape index (κ1) is 11.2. The normalized spacial score (nSPS) is 14.0.